The molecule has 0 aliphatic heterocycles. The van der Waals surface area contributed by atoms with Crippen LogP contribution in [0.2, 0.25) is 5.02 Å². The van der Waals surface area contributed by atoms with Gasteiger partial charge in [0.05, 0.1) is 6.42 Å². The first-order chi connectivity index (χ1) is 13.7. The number of rotatable bonds is 6. The molecule has 29 heavy (non-hydrogen) atoms. The molecule has 0 aromatic heterocycles. The predicted molar refractivity (Wildman–Crippen MR) is 113 cm³/mol. The average Bonchev–Trinajstić information content (AvgIpc) is 2.64. The summed E-state index contributed by atoms with van der Waals surface area (Å²) in [6.45, 7) is 1.89. The molecule has 0 aliphatic carbocycles. The van der Waals surface area contributed by atoms with Gasteiger partial charge in [-0.1, -0.05) is 41.9 Å². The fraction of sp³-hybridized carbons (Fsp3) is 0.0952. The Hall–Kier alpha value is -2.87. The monoisotopic (exact) mass is 430 g/mol. The van der Waals surface area contributed by atoms with Crippen LogP contribution in [-0.4, -0.2) is 14.3 Å². The number of ether oxygens (including phenoxy) is 1. The number of nitrogens with one attached hydrogen (secondary N) is 1. The van der Waals surface area contributed by atoms with Crippen molar-refractivity contribution < 1.29 is 17.9 Å². The van der Waals surface area contributed by atoms with Gasteiger partial charge in [-0.05, 0) is 54.4 Å². The summed E-state index contributed by atoms with van der Waals surface area (Å²) in [6, 6.07) is 18.4. The number of hydrogen-bond donors (Lipinski definition) is 2. The molecule has 3 rings (SSSR count). The van der Waals surface area contributed by atoms with Crippen LogP contribution >= 0.6 is 11.6 Å². The van der Waals surface area contributed by atoms with E-state index in [0.717, 1.165) is 5.56 Å². The van der Waals surface area contributed by atoms with Gasteiger partial charge in [-0.15, -0.1) is 0 Å². The highest BCUT2D eigenvalue weighted by Crippen LogP contribution is 2.31. The lowest BCUT2D eigenvalue weighted by Gasteiger charge is -2.13. The Bertz CT molecular complexity index is 1160. The van der Waals surface area contributed by atoms with E-state index >= 15 is 0 Å². The first-order valence-electron chi connectivity index (χ1n) is 8.67. The van der Waals surface area contributed by atoms with Gasteiger partial charge in [0.25, 0.3) is 0 Å². The number of hydrogen-bond acceptors (Lipinski definition) is 4. The van der Waals surface area contributed by atoms with Crippen molar-refractivity contribution in [3.05, 3.63) is 82.9 Å². The normalized spacial score (nSPS) is 11.1. The van der Waals surface area contributed by atoms with Crippen molar-refractivity contribution in [2.45, 2.75) is 18.2 Å². The maximum absolute atomic E-state index is 12.3. The zero-order chi connectivity index (χ0) is 21.0. The molecule has 0 unspecified atom stereocenters. The first-order valence-corrected chi connectivity index (χ1v) is 10.6. The highest BCUT2D eigenvalue weighted by molar-refractivity contribution is 7.89. The van der Waals surface area contributed by atoms with Crippen molar-refractivity contribution in [3.8, 4) is 11.5 Å². The van der Waals surface area contributed by atoms with E-state index in [1.165, 1.54) is 12.1 Å². The molecule has 0 aliphatic rings. The van der Waals surface area contributed by atoms with E-state index in [1.54, 1.807) is 48.5 Å². The van der Waals surface area contributed by atoms with Crippen LogP contribution in [0.3, 0.4) is 0 Å². The van der Waals surface area contributed by atoms with E-state index in [0.29, 0.717) is 16.3 Å². The van der Waals surface area contributed by atoms with E-state index in [-0.39, 0.29) is 28.7 Å². The number of carbonyl (C=O) groups excluding carboxylic acids is 1. The number of carbonyl (C=O) groups is 1. The molecule has 0 radical (unpaired) electrons. The summed E-state index contributed by atoms with van der Waals surface area (Å²) >= 11 is 6.07. The largest absolute Gasteiger partial charge is 0.456 e. The van der Waals surface area contributed by atoms with Crippen molar-refractivity contribution in [3.63, 3.8) is 0 Å². The molecular weight excluding hydrogens is 412 g/mol. The molecule has 0 fully saturated rings. The van der Waals surface area contributed by atoms with E-state index < -0.39 is 10.0 Å². The SMILES string of the molecule is Cc1cccc(Oc2ccc(NC(=O)Cc3ccccc3Cl)cc2S(N)(=O)=O)c1. The van der Waals surface area contributed by atoms with Gasteiger partial charge >= 0.3 is 0 Å². The summed E-state index contributed by atoms with van der Waals surface area (Å²) in [5, 5.41) is 8.48. The summed E-state index contributed by atoms with van der Waals surface area (Å²) < 4.78 is 29.8. The zero-order valence-electron chi connectivity index (χ0n) is 15.6. The lowest BCUT2D eigenvalue weighted by molar-refractivity contribution is -0.115. The molecule has 3 aromatic carbocycles. The van der Waals surface area contributed by atoms with Crippen LogP contribution in [-0.2, 0) is 21.2 Å². The number of nitrogens with two attached hydrogens (primary N) is 1. The molecule has 150 valence electrons. The summed E-state index contributed by atoms with van der Waals surface area (Å²) in [5.41, 5.74) is 1.91. The minimum absolute atomic E-state index is 0.0475. The van der Waals surface area contributed by atoms with Crippen LogP contribution in [0.5, 0.6) is 11.5 Å². The molecule has 0 heterocycles. The number of amides is 1. The van der Waals surface area contributed by atoms with Gasteiger partial charge in [-0.25, -0.2) is 13.6 Å². The molecule has 8 heteroatoms. The van der Waals surface area contributed by atoms with Crippen molar-refractivity contribution in [1.29, 1.82) is 0 Å². The number of anilines is 1. The minimum Gasteiger partial charge on any atom is -0.456 e. The Kier molecular flexibility index (Phi) is 6.22. The predicted octanol–water partition coefficient (Wildman–Crippen LogP) is 4.27. The number of halogens is 1. The second-order valence-corrected chi connectivity index (χ2v) is 8.38. The van der Waals surface area contributed by atoms with E-state index in [2.05, 4.69) is 5.32 Å². The summed E-state index contributed by atoms with van der Waals surface area (Å²) in [6.07, 6.45) is 0.0475. The highest BCUT2D eigenvalue weighted by Gasteiger charge is 2.18. The van der Waals surface area contributed by atoms with Crippen LogP contribution in [0.15, 0.2) is 71.6 Å². The Morgan fingerprint density at radius 3 is 2.52 bits per heavy atom. The molecule has 0 spiro atoms. The van der Waals surface area contributed by atoms with E-state index in [4.69, 9.17) is 21.5 Å². The lowest BCUT2D eigenvalue weighted by Crippen LogP contribution is -2.17. The fourth-order valence-corrected chi connectivity index (χ4v) is 3.60. The number of sulfonamides is 1. The van der Waals surface area contributed by atoms with Crippen molar-refractivity contribution in [2.75, 3.05) is 5.32 Å². The van der Waals surface area contributed by atoms with Crippen molar-refractivity contribution >= 4 is 33.2 Å². The molecule has 1 amide bonds. The zero-order valence-corrected chi connectivity index (χ0v) is 17.1. The van der Waals surface area contributed by atoms with E-state index in [9.17, 15) is 13.2 Å². The highest BCUT2D eigenvalue weighted by atomic mass is 35.5. The summed E-state index contributed by atoms with van der Waals surface area (Å²) in [5.74, 6) is 0.207. The quantitative estimate of drug-likeness (QED) is 0.610. The Labute approximate surface area is 174 Å². The Morgan fingerprint density at radius 2 is 1.83 bits per heavy atom. The van der Waals surface area contributed by atoms with Crippen molar-refractivity contribution in [2.24, 2.45) is 5.14 Å². The van der Waals surface area contributed by atoms with Gasteiger partial charge in [0.1, 0.15) is 16.4 Å². The third-order valence-corrected chi connectivity index (χ3v) is 5.36. The maximum Gasteiger partial charge on any atom is 0.241 e. The minimum atomic E-state index is -4.09. The molecule has 0 atom stereocenters. The molecular formula is C21H19ClN2O4S. The standard InChI is InChI=1S/C21H19ClN2O4S/c1-14-5-4-7-17(11-14)28-19-10-9-16(13-20(19)29(23,26)27)24-21(25)12-15-6-2-3-8-18(15)22/h2-11,13H,12H2,1H3,(H,24,25)(H2,23,26,27). The Balaban J connectivity index is 1.84. The van der Waals surface area contributed by atoms with Crippen LogP contribution in [0, 0.1) is 6.92 Å². The maximum atomic E-state index is 12.3. The van der Waals surface area contributed by atoms with Crippen LogP contribution in [0.1, 0.15) is 11.1 Å². The van der Waals surface area contributed by atoms with Gasteiger partial charge in [0.2, 0.25) is 15.9 Å². The molecule has 3 aromatic rings. The van der Waals surface area contributed by atoms with Gasteiger partial charge in [0, 0.05) is 10.7 Å². The van der Waals surface area contributed by atoms with Gasteiger partial charge in [-0.3, -0.25) is 4.79 Å². The molecule has 0 bridgehead atoms. The number of benzene rings is 3. The molecule has 3 N–H and O–H groups in total. The number of aryl methyl sites for hydroxylation is 1. The molecule has 0 saturated heterocycles. The third kappa shape index (κ3) is 5.57. The smallest absolute Gasteiger partial charge is 0.241 e. The number of primary sulfonamides is 1. The second-order valence-electron chi connectivity index (χ2n) is 6.44. The lowest BCUT2D eigenvalue weighted by atomic mass is 10.1. The first kappa shape index (κ1) is 20.9. The molecule has 0 saturated carbocycles. The van der Waals surface area contributed by atoms with Gasteiger partial charge in [0.15, 0.2) is 0 Å². The third-order valence-electron chi connectivity index (χ3n) is 4.06. The van der Waals surface area contributed by atoms with Crippen LogP contribution in [0.25, 0.3) is 0 Å². The van der Waals surface area contributed by atoms with E-state index in [1.807, 2.05) is 13.0 Å². The Morgan fingerprint density at radius 1 is 1.07 bits per heavy atom. The topological polar surface area (TPSA) is 98.5 Å². The van der Waals surface area contributed by atoms with Gasteiger partial charge in [-0.2, -0.15) is 0 Å². The van der Waals surface area contributed by atoms with Crippen LogP contribution < -0.4 is 15.2 Å². The molecule has 6 nitrogen and oxygen atoms in total. The van der Waals surface area contributed by atoms with Crippen molar-refractivity contribution in [1.82, 2.24) is 0 Å². The summed E-state index contributed by atoms with van der Waals surface area (Å²) in [7, 11) is -4.09. The summed E-state index contributed by atoms with van der Waals surface area (Å²) in [4.78, 5) is 12.1. The fourth-order valence-electron chi connectivity index (χ4n) is 2.72. The second kappa shape index (κ2) is 8.65. The van der Waals surface area contributed by atoms with Crippen LogP contribution in [0.4, 0.5) is 5.69 Å². The average molecular weight is 431 g/mol. The van der Waals surface area contributed by atoms with Gasteiger partial charge < -0.3 is 10.1 Å².